The molecular formula is C15H11ClF2N2O2. The van der Waals surface area contributed by atoms with Crippen LogP contribution in [0.4, 0.5) is 8.78 Å². The molecule has 0 heterocycles. The van der Waals surface area contributed by atoms with Crippen LogP contribution >= 0.6 is 11.6 Å². The highest BCUT2D eigenvalue weighted by atomic mass is 35.5. The van der Waals surface area contributed by atoms with E-state index in [9.17, 15) is 18.4 Å². The first kappa shape index (κ1) is 15.9. The molecule has 0 aliphatic carbocycles. The third-order valence-electron chi connectivity index (χ3n) is 2.83. The molecule has 0 saturated carbocycles. The van der Waals surface area contributed by atoms with Crippen LogP contribution in [0.2, 0.25) is 5.02 Å². The monoisotopic (exact) mass is 324 g/mol. The van der Waals surface area contributed by atoms with Crippen LogP contribution in [0.25, 0.3) is 0 Å². The van der Waals surface area contributed by atoms with E-state index in [0.717, 1.165) is 6.07 Å². The largest absolute Gasteiger partial charge is 0.273 e. The summed E-state index contributed by atoms with van der Waals surface area (Å²) in [7, 11) is 0. The van der Waals surface area contributed by atoms with Gasteiger partial charge < -0.3 is 0 Å². The van der Waals surface area contributed by atoms with E-state index in [-0.39, 0.29) is 22.6 Å². The van der Waals surface area contributed by atoms with Gasteiger partial charge in [0.05, 0.1) is 12.0 Å². The number of hydrogen-bond acceptors (Lipinski definition) is 2. The normalized spacial score (nSPS) is 10.1. The summed E-state index contributed by atoms with van der Waals surface area (Å²) >= 11 is 5.80. The Balaban J connectivity index is 1.96. The summed E-state index contributed by atoms with van der Waals surface area (Å²) in [4.78, 5) is 23.4. The standard InChI is InChI=1S/C15H11ClF2N2O2/c16-11-5-3-7-13(18)10(11)8-14(21)19-20-15(22)9-4-1-2-6-12(9)17/h1-7H,8H2,(H,19,21)(H,20,22). The van der Waals surface area contributed by atoms with Crippen molar-refractivity contribution in [1.82, 2.24) is 10.9 Å². The molecule has 0 atom stereocenters. The minimum Gasteiger partial charge on any atom is -0.273 e. The zero-order valence-electron chi connectivity index (χ0n) is 11.2. The van der Waals surface area contributed by atoms with Crippen molar-refractivity contribution in [3.63, 3.8) is 0 Å². The summed E-state index contributed by atoms with van der Waals surface area (Å²) in [5, 5.41) is 0.107. The van der Waals surface area contributed by atoms with Crippen LogP contribution in [0.15, 0.2) is 42.5 Å². The molecule has 7 heteroatoms. The maximum Gasteiger partial charge on any atom is 0.272 e. The molecule has 2 aromatic rings. The lowest BCUT2D eigenvalue weighted by Gasteiger charge is -2.09. The Labute approximate surface area is 130 Å². The van der Waals surface area contributed by atoms with Crippen molar-refractivity contribution in [2.45, 2.75) is 6.42 Å². The van der Waals surface area contributed by atoms with Gasteiger partial charge in [0.2, 0.25) is 5.91 Å². The fourth-order valence-electron chi connectivity index (χ4n) is 1.75. The van der Waals surface area contributed by atoms with E-state index in [4.69, 9.17) is 11.6 Å². The third-order valence-corrected chi connectivity index (χ3v) is 3.19. The molecule has 0 spiro atoms. The zero-order valence-corrected chi connectivity index (χ0v) is 12.0. The van der Waals surface area contributed by atoms with Crippen LogP contribution in [0.3, 0.4) is 0 Å². The summed E-state index contributed by atoms with van der Waals surface area (Å²) in [6, 6.07) is 9.35. The van der Waals surface area contributed by atoms with E-state index >= 15 is 0 Å². The topological polar surface area (TPSA) is 58.2 Å². The number of carbonyl (C=O) groups is 2. The Bertz CT molecular complexity index is 702. The molecule has 2 aromatic carbocycles. The van der Waals surface area contributed by atoms with Crippen molar-refractivity contribution in [3.8, 4) is 0 Å². The van der Waals surface area contributed by atoms with Crippen molar-refractivity contribution in [2.75, 3.05) is 0 Å². The fourth-order valence-corrected chi connectivity index (χ4v) is 1.97. The van der Waals surface area contributed by atoms with Gasteiger partial charge in [-0.2, -0.15) is 0 Å². The highest BCUT2D eigenvalue weighted by Crippen LogP contribution is 2.19. The average molecular weight is 325 g/mol. The van der Waals surface area contributed by atoms with Crippen LogP contribution < -0.4 is 10.9 Å². The van der Waals surface area contributed by atoms with Crippen molar-refractivity contribution in [2.24, 2.45) is 0 Å². The Morgan fingerprint density at radius 3 is 2.32 bits per heavy atom. The summed E-state index contributed by atoms with van der Waals surface area (Å²) < 4.78 is 26.9. The van der Waals surface area contributed by atoms with E-state index in [2.05, 4.69) is 10.9 Å². The molecule has 0 radical (unpaired) electrons. The minimum absolute atomic E-state index is 0.0156. The first-order chi connectivity index (χ1) is 10.5. The minimum atomic E-state index is -0.814. The van der Waals surface area contributed by atoms with Gasteiger partial charge in [0.1, 0.15) is 11.6 Å². The van der Waals surface area contributed by atoms with Crippen LogP contribution in [0.5, 0.6) is 0 Å². The van der Waals surface area contributed by atoms with Gasteiger partial charge in [-0.15, -0.1) is 0 Å². The van der Waals surface area contributed by atoms with Crippen LogP contribution in [0, 0.1) is 11.6 Å². The summed E-state index contributed by atoms with van der Waals surface area (Å²) in [6.45, 7) is 0. The highest BCUT2D eigenvalue weighted by molar-refractivity contribution is 6.31. The Hall–Kier alpha value is -2.47. The highest BCUT2D eigenvalue weighted by Gasteiger charge is 2.14. The predicted molar refractivity (Wildman–Crippen MR) is 77.1 cm³/mol. The van der Waals surface area contributed by atoms with Crippen molar-refractivity contribution < 1.29 is 18.4 Å². The van der Waals surface area contributed by atoms with Gasteiger partial charge in [-0.1, -0.05) is 29.8 Å². The molecule has 22 heavy (non-hydrogen) atoms. The molecule has 0 fully saturated rings. The molecule has 0 aliphatic heterocycles. The fraction of sp³-hybridized carbons (Fsp3) is 0.0667. The Morgan fingerprint density at radius 1 is 0.955 bits per heavy atom. The van der Waals surface area contributed by atoms with Gasteiger partial charge in [-0.25, -0.2) is 8.78 Å². The molecule has 0 unspecified atom stereocenters. The van der Waals surface area contributed by atoms with Crippen LogP contribution in [0.1, 0.15) is 15.9 Å². The zero-order chi connectivity index (χ0) is 16.1. The van der Waals surface area contributed by atoms with Gasteiger partial charge in [0.15, 0.2) is 0 Å². The molecule has 2 amide bonds. The van der Waals surface area contributed by atoms with E-state index < -0.39 is 23.4 Å². The number of hydrazine groups is 1. The summed E-state index contributed by atoms with van der Waals surface area (Å²) in [6.07, 6.45) is -0.358. The first-order valence-electron chi connectivity index (χ1n) is 6.25. The molecule has 2 rings (SSSR count). The molecule has 2 N–H and O–H groups in total. The van der Waals surface area contributed by atoms with Crippen molar-refractivity contribution in [1.29, 1.82) is 0 Å². The number of nitrogens with one attached hydrogen (secondary N) is 2. The van der Waals surface area contributed by atoms with Gasteiger partial charge in [0.25, 0.3) is 5.91 Å². The Kier molecular flexibility index (Phi) is 5.06. The number of carbonyl (C=O) groups excluding carboxylic acids is 2. The second-order valence-corrected chi connectivity index (χ2v) is 4.77. The lowest BCUT2D eigenvalue weighted by atomic mass is 10.1. The van der Waals surface area contributed by atoms with Gasteiger partial charge >= 0.3 is 0 Å². The van der Waals surface area contributed by atoms with Gasteiger partial charge in [0, 0.05) is 10.6 Å². The number of benzene rings is 2. The molecule has 0 aromatic heterocycles. The maximum atomic E-state index is 13.5. The molecule has 0 aliphatic rings. The predicted octanol–water partition coefficient (Wildman–Crippen LogP) is 2.62. The van der Waals surface area contributed by atoms with E-state index in [1.54, 1.807) is 0 Å². The van der Waals surface area contributed by atoms with E-state index in [1.807, 2.05) is 0 Å². The maximum absolute atomic E-state index is 13.5. The molecule has 0 saturated heterocycles. The van der Waals surface area contributed by atoms with Gasteiger partial charge in [-0.05, 0) is 24.3 Å². The lowest BCUT2D eigenvalue weighted by Crippen LogP contribution is -2.42. The third kappa shape index (κ3) is 3.79. The quantitative estimate of drug-likeness (QED) is 0.853. The molecular weight excluding hydrogens is 314 g/mol. The first-order valence-corrected chi connectivity index (χ1v) is 6.63. The smallest absolute Gasteiger partial charge is 0.272 e. The van der Waals surface area contributed by atoms with Crippen molar-refractivity contribution in [3.05, 3.63) is 70.2 Å². The Morgan fingerprint density at radius 2 is 1.64 bits per heavy atom. The second-order valence-electron chi connectivity index (χ2n) is 4.36. The molecule has 114 valence electrons. The number of rotatable bonds is 3. The molecule has 0 bridgehead atoms. The summed E-state index contributed by atoms with van der Waals surface area (Å²) in [5.74, 6) is -2.84. The second kappa shape index (κ2) is 7.00. The molecule has 4 nitrogen and oxygen atoms in total. The van der Waals surface area contributed by atoms with Crippen LogP contribution in [-0.4, -0.2) is 11.8 Å². The lowest BCUT2D eigenvalue weighted by molar-refractivity contribution is -0.121. The van der Waals surface area contributed by atoms with Gasteiger partial charge in [-0.3, -0.25) is 20.4 Å². The van der Waals surface area contributed by atoms with Crippen molar-refractivity contribution >= 4 is 23.4 Å². The van der Waals surface area contributed by atoms with E-state index in [0.29, 0.717) is 0 Å². The number of halogens is 3. The number of hydrogen-bond donors (Lipinski definition) is 2. The summed E-state index contributed by atoms with van der Waals surface area (Å²) in [5.41, 5.74) is 3.93. The van der Waals surface area contributed by atoms with Crippen LogP contribution in [-0.2, 0) is 11.2 Å². The number of amides is 2. The SMILES string of the molecule is O=C(Cc1c(F)cccc1Cl)NNC(=O)c1ccccc1F. The average Bonchev–Trinajstić information content (AvgIpc) is 2.49. The van der Waals surface area contributed by atoms with E-state index in [1.165, 1.54) is 36.4 Å².